The van der Waals surface area contributed by atoms with E-state index in [1.54, 1.807) is 4.90 Å². The molecule has 6 rings (SSSR count). The maximum absolute atomic E-state index is 12.6. The molecular weight excluding hydrogens is 612 g/mol. The van der Waals surface area contributed by atoms with Gasteiger partial charge in [0.05, 0.1) is 43.5 Å². The maximum Gasteiger partial charge on any atom is 0.318 e. The number of fused-ring (bicyclic) bond motifs is 3. The zero-order chi connectivity index (χ0) is 32.8. The van der Waals surface area contributed by atoms with Crippen molar-refractivity contribution in [2.24, 2.45) is 0 Å². The summed E-state index contributed by atoms with van der Waals surface area (Å²) in [7, 11) is 0. The third-order valence-electron chi connectivity index (χ3n) is 9.85. The van der Waals surface area contributed by atoms with Crippen LogP contribution in [0.2, 0.25) is 5.02 Å². The molecule has 1 aromatic heterocycles. The first-order valence-electron chi connectivity index (χ1n) is 17.1. The molecule has 3 fully saturated rings. The number of benzene rings is 2. The van der Waals surface area contributed by atoms with Gasteiger partial charge in [0.15, 0.2) is 0 Å². The Morgan fingerprint density at radius 3 is 2.72 bits per heavy atom. The van der Waals surface area contributed by atoms with E-state index in [2.05, 4.69) is 53.6 Å². The highest BCUT2D eigenvalue weighted by molar-refractivity contribution is 6.35. The van der Waals surface area contributed by atoms with Crippen LogP contribution in [-0.2, 0) is 28.8 Å². The Bertz CT molecular complexity index is 1620. The van der Waals surface area contributed by atoms with Crippen molar-refractivity contribution in [2.75, 3.05) is 50.8 Å². The molecule has 0 saturated carbocycles. The first-order valence-corrected chi connectivity index (χ1v) is 17.5. The van der Waals surface area contributed by atoms with E-state index in [9.17, 15) is 10.1 Å². The average Bonchev–Trinajstić information content (AvgIpc) is 3.72. The van der Waals surface area contributed by atoms with Gasteiger partial charge in [-0.15, -0.1) is 0 Å². The molecule has 0 radical (unpaired) electrons. The molecule has 4 heterocycles. The Hall–Kier alpha value is -3.71. The first-order chi connectivity index (χ1) is 23.0. The molecule has 9 nitrogen and oxygen atoms in total. The summed E-state index contributed by atoms with van der Waals surface area (Å²) in [6, 6.07) is 15.4. The molecule has 0 spiro atoms. The molecule has 3 atom stereocenters. The lowest BCUT2D eigenvalue weighted by molar-refractivity contribution is -0.128. The lowest BCUT2D eigenvalue weighted by atomic mass is 9.97. The number of amides is 1. The smallest absolute Gasteiger partial charge is 0.318 e. The normalized spacial score (nSPS) is 20.9. The summed E-state index contributed by atoms with van der Waals surface area (Å²) >= 11 is 6.61. The number of ether oxygens (including phenoxy) is 2. The molecule has 3 aliphatic heterocycles. The van der Waals surface area contributed by atoms with E-state index in [0.717, 1.165) is 97.5 Å². The van der Waals surface area contributed by atoms with Gasteiger partial charge in [-0.2, -0.15) is 15.2 Å². The van der Waals surface area contributed by atoms with Gasteiger partial charge in [-0.3, -0.25) is 9.69 Å². The zero-order valence-electron chi connectivity index (χ0n) is 27.4. The van der Waals surface area contributed by atoms with E-state index >= 15 is 0 Å². The fraction of sp³-hybridized carbons (Fsp3) is 0.514. The standard InChI is InChI=1S/C37H45ClN6O3/c1-3-33-31(14-6-5-10-26-11-7-12-27-13-8-15-32(38)35(26)27)36(43-19-20-44(34(45)4-2)28(23-43)16-17-39)41-37(40-33)46-21-9-18-42-24-30-22-29(42)25-47-30/h4,7-8,11-13,15,28-30H,2-3,5-6,9-10,14,16,18-25H2,1H3/t28-,29-,30-/m0/s1. The van der Waals surface area contributed by atoms with Gasteiger partial charge in [0.2, 0.25) is 5.91 Å². The van der Waals surface area contributed by atoms with E-state index in [4.69, 9.17) is 31.0 Å². The number of morpholine rings is 1. The largest absolute Gasteiger partial charge is 0.463 e. The first kappa shape index (κ1) is 33.2. The van der Waals surface area contributed by atoms with Crippen molar-refractivity contribution in [3.05, 3.63) is 70.9 Å². The fourth-order valence-corrected chi connectivity index (χ4v) is 7.79. The third-order valence-corrected chi connectivity index (χ3v) is 10.2. The molecule has 248 valence electrons. The molecule has 1 amide bonds. The fourth-order valence-electron chi connectivity index (χ4n) is 7.48. The van der Waals surface area contributed by atoms with Crippen molar-refractivity contribution in [2.45, 2.75) is 76.5 Å². The molecule has 0 aliphatic carbocycles. The molecule has 0 unspecified atom stereocenters. The second kappa shape index (κ2) is 15.5. The summed E-state index contributed by atoms with van der Waals surface area (Å²) in [6.07, 6.45) is 8.48. The summed E-state index contributed by atoms with van der Waals surface area (Å²) in [6.45, 7) is 10.8. The topological polar surface area (TPSA) is 94.8 Å². The van der Waals surface area contributed by atoms with Crippen molar-refractivity contribution >= 4 is 34.1 Å². The number of likely N-dealkylation sites (tertiary alicyclic amines) is 1. The van der Waals surface area contributed by atoms with Gasteiger partial charge < -0.3 is 19.3 Å². The van der Waals surface area contributed by atoms with Gasteiger partial charge in [-0.1, -0.05) is 55.4 Å². The number of aromatic nitrogens is 2. The third kappa shape index (κ3) is 7.56. The second-order valence-electron chi connectivity index (χ2n) is 12.8. The molecule has 2 aromatic carbocycles. The van der Waals surface area contributed by atoms with Crippen molar-refractivity contribution in [1.82, 2.24) is 19.8 Å². The highest BCUT2D eigenvalue weighted by atomic mass is 35.5. The van der Waals surface area contributed by atoms with Gasteiger partial charge in [0, 0.05) is 54.7 Å². The zero-order valence-corrected chi connectivity index (χ0v) is 28.1. The molecule has 3 saturated heterocycles. The number of hydrogen-bond donors (Lipinski definition) is 0. The van der Waals surface area contributed by atoms with Crippen molar-refractivity contribution in [1.29, 1.82) is 5.26 Å². The number of nitriles is 1. The van der Waals surface area contributed by atoms with Crippen LogP contribution in [0.4, 0.5) is 5.82 Å². The minimum Gasteiger partial charge on any atom is -0.463 e. The van der Waals surface area contributed by atoms with Crippen LogP contribution in [0.5, 0.6) is 6.01 Å². The maximum atomic E-state index is 12.6. The summed E-state index contributed by atoms with van der Waals surface area (Å²) in [4.78, 5) is 29.0. The predicted octanol–water partition coefficient (Wildman–Crippen LogP) is 5.77. The van der Waals surface area contributed by atoms with Crippen LogP contribution in [0.1, 0.15) is 55.8 Å². The van der Waals surface area contributed by atoms with Gasteiger partial charge in [-0.05, 0) is 68.0 Å². The van der Waals surface area contributed by atoms with Crippen LogP contribution in [0.25, 0.3) is 10.8 Å². The van der Waals surface area contributed by atoms with E-state index in [1.807, 2.05) is 12.1 Å². The van der Waals surface area contributed by atoms with Crippen LogP contribution >= 0.6 is 11.6 Å². The Morgan fingerprint density at radius 1 is 1.15 bits per heavy atom. The molecule has 47 heavy (non-hydrogen) atoms. The number of unbranched alkanes of at least 4 members (excludes halogenated alkanes) is 1. The van der Waals surface area contributed by atoms with E-state index in [-0.39, 0.29) is 18.4 Å². The number of hydrogen-bond acceptors (Lipinski definition) is 8. The Balaban J connectivity index is 1.18. The summed E-state index contributed by atoms with van der Waals surface area (Å²) in [5.41, 5.74) is 3.39. The van der Waals surface area contributed by atoms with Gasteiger partial charge in [-0.25, -0.2) is 0 Å². The SMILES string of the molecule is C=CC(=O)N1CCN(c2nc(OCCCN3C[C@@H]4C[C@H]3CO4)nc(CC)c2CCCCc2cccc3cccc(Cl)c23)C[C@@H]1CC#N. The summed E-state index contributed by atoms with van der Waals surface area (Å²) < 4.78 is 12.0. The average molecular weight is 657 g/mol. The Kier molecular flexibility index (Phi) is 10.9. The predicted molar refractivity (Wildman–Crippen MR) is 185 cm³/mol. The number of aryl methyl sites for hydroxylation is 2. The van der Waals surface area contributed by atoms with Gasteiger partial charge in [0.25, 0.3) is 0 Å². The lowest BCUT2D eigenvalue weighted by Gasteiger charge is -2.41. The Morgan fingerprint density at radius 2 is 1.98 bits per heavy atom. The molecule has 10 heteroatoms. The van der Waals surface area contributed by atoms with Crippen LogP contribution in [-0.4, -0.2) is 89.8 Å². The number of rotatable bonds is 14. The van der Waals surface area contributed by atoms with Crippen LogP contribution in [0.3, 0.4) is 0 Å². The number of piperazine rings is 1. The van der Waals surface area contributed by atoms with Crippen LogP contribution in [0, 0.1) is 11.3 Å². The number of carbonyl (C=O) groups is 1. The van der Waals surface area contributed by atoms with Gasteiger partial charge >= 0.3 is 6.01 Å². The monoisotopic (exact) mass is 656 g/mol. The molecule has 3 aromatic rings. The lowest BCUT2D eigenvalue weighted by Crippen LogP contribution is -2.55. The summed E-state index contributed by atoms with van der Waals surface area (Å²) in [5, 5.41) is 12.7. The van der Waals surface area contributed by atoms with Crippen LogP contribution < -0.4 is 9.64 Å². The van der Waals surface area contributed by atoms with E-state index in [0.29, 0.717) is 44.4 Å². The Labute approximate surface area is 283 Å². The highest BCUT2D eigenvalue weighted by Crippen LogP contribution is 2.31. The van der Waals surface area contributed by atoms with Crippen molar-refractivity contribution in [3.8, 4) is 12.1 Å². The second-order valence-corrected chi connectivity index (χ2v) is 13.2. The minimum absolute atomic E-state index is 0.141. The number of nitrogens with zero attached hydrogens (tertiary/aromatic N) is 6. The molecule has 2 bridgehead atoms. The molecular formula is C37H45ClN6O3. The minimum atomic E-state index is -0.243. The van der Waals surface area contributed by atoms with E-state index < -0.39 is 0 Å². The molecule has 3 aliphatic rings. The van der Waals surface area contributed by atoms with Crippen molar-refractivity contribution in [3.63, 3.8) is 0 Å². The number of carbonyl (C=O) groups excluding carboxylic acids is 1. The van der Waals surface area contributed by atoms with Gasteiger partial charge in [0.1, 0.15) is 5.82 Å². The van der Waals surface area contributed by atoms with Crippen molar-refractivity contribution < 1.29 is 14.3 Å². The molecule has 0 N–H and O–H groups in total. The quantitative estimate of drug-likeness (QED) is 0.160. The number of anilines is 1. The summed E-state index contributed by atoms with van der Waals surface area (Å²) in [5.74, 6) is 0.722. The number of halogens is 1. The van der Waals surface area contributed by atoms with E-state index in [1.165, 1.54) is 11.6 Å². The highest BCUT2D eigenvalue weighted by Gasteiger charge is 2.38. The van der Waals surface area contributed by atoms with Crippen LogP contribution in [0.15, 0.2) is 49.1 Å².